The zero-order chi connectivity index (χ0) is 9.42. The highest BCUT2D eigenvalue weighted by molar-refractivity contribution is 14.1. The molecule has 0 unspecified atom stereocenters. The van der Waals surface area contributed by atoms with Gasteiger partial charge in [0.2, 0.25) is 0 Å². The maximum atomic E-state index is 6.12. The average molecular weight is 387 g/mol. The molecule has 2 aromatic rings. The minimum Gasteiger partial charge on any atom is -0.142 e. The van der Waals surface area contributed by atoms with Crippen molar-refractivity contribution in [3.05, 3.63) is 31.7 Å². The number of halogens is 3. The van der Waals surface area contributed by atoms with Crippen molar-refractivity contribution in [3.63, 3.8) is 0 Å². The van der Waals surface area contributed by atoms with Crippen LogP contribution in [0.4, 0.5) is 0 Å². The second-order valence-corrected chi connectivity index (χ2v) is 5.75. The maximum Gasteiger partial charge on any atom is 0.0594 e. The molecule has 1 aromatic carbocycles. The van der Waals surface area contributed by atoms with E-state index in [0.29, 0.717) is 0 Å². The van der Waals surface area contributed by atoms with E-state index >= 15 is 0 Å². The lowest BCUT2D eigenvalue weighted by molar-refractivity contribution is 1.54. The number of rotatable bonds is 1. The number of hydrogen-bond donors (Lipinski definition) is 0. The number of hydrogen-bond acceptors (Lipinski definition) is 1. The van der Waals surface area contributed by atoms with Gasteiger partial charge in [0.15, 0.2) is 0 Å². The van der Waals surface area contributed by atoms with Gasteiger partial charge >= 0.3 is 0 Å². The third-order valence-electron chi connectivity index (χ3n) is 1.82. The van der Waals surface area contributed by atoms with Crippen molar-refractivity contribution in [3.8, 4) is 0 Å². The minimum atomic E-state index is 0.860. The molecule has 0 amide bonds. The van der Waals surface area contributed by atoms with Gasteiger partial charge in [-0.1, -0.05) is 27.5 Å². The Morgan fingerprint density at radius 2 is 2.23 bits per heavy atom. The lowest BCUT2D eigenvalue weighted by Crippen LogP contribution is -1.76. The summed E-state index contributed by atoms with van der Waals surface area (Å²) in [5.74, 6) is 0. The van der Waals surface area contributed by atoms with Gasteiger partial charge in [0.1, 0.15) is 0 Å². The number of fused-ring (bicyclic) bond motifs is 1. The summed E-state index contributed by atoms with van der Waals surface area (Å²) < 4.78 is 2.38. The maximum absolute atomic E-state index is 6.12. The topological polar surface area (TPSA) is 0 Å². The Morgan fingerprint density at radius 1 is 1.46 bits per heavy atom. The van der Waals surface area contributed by atoms with Crippen molar-refractivity contribution in [2.24, 2.45) is 0 Å². The summed E-state index contributed by atoms with van der Waals surface area (Å²) in [5.41, 5.74) is 1.32. The van der Waals surface area contributed by atoms with Crippen LogP contribution < -0.4 is 0 Å². The molecular formula is C9H5BrClIS. The van der Waals surface area contributed by atoms with Gasteiger partial charge in [0.05, 0.1) is 9.72 Å². The Morgan fingerprint density at radius 3 is 2.92 bits per heavy atom. The highest BCUT2D eigenvalue weighted by atomic mass is 127. The number of benzene rings is 1. The lowest BCUT2D eigenvalue weighted by atomic mass is 10.2. The molecule has 0 saturated heterocycles. The monoisotopic (exact) mass is 386 g/mol. The van der Waals surface area contributed by atoms with E-state index in [1.54, 1.807) is 11.3 Å². The predicted octanol–water partition coefficient (Wildman–Crippen LogP) is 5.05. The summed E-state index contributed by atoms with van der Waals surface area (Å²) in [5, 5.41) is 5.18. The Balaban J connectivity index is 2.82. The quantitative estimate of drug-likeness (QED) is 0.474. The molecule has 0 nitrogen and oxygen atoms in total. The van der Waals surface area contributed by atoms with Gasteiger partial charge in [-0.3, -0.25) is 0 Å². The molecule has 0 aliphatic carbocycles. The third kappa shape index (κ3) is 1.89. The molecule has 0 atom stereocenters. The van der Waals surface area contributed by atoms with Crippen LogP contribution in [0, 0.1) is 3.57 Å². The standard InChI is InChI=1S/C9H5BrClIS/c10-3-5-4-13-9-7(5)1-6(12)2-8(9)11/h1-2,4H,3H2. The van der Waals surface area contributed by atoms with Crippen molar-refractivity contribution in [1.82, 2.24) is 0 Å². The lowest BCUT2D eigenvalue weighted by Gasteiger charge is -1.97. The highest BCUT2D eigenvalue weighted by Crippen LogP contribution is 2.34. The fourth-order valence-electron chi connectivity index (χ4n) is 1.22. The molecule has 4 heteroatoms. The van der Waals surface area contributed by atoms with Crippen molar-refractivity contribution in [1.29, 1.82) is 0 Å². The van der Waals surface area contributed by atoms with Crippen LogP contribution in [-0.2, 0) is 5.33 Å². The van der Waals surface area contributed by atoms with Gasteiger partial charge in [-0.15, -0.1) is 11.3 Å². The van der Waals surface area contributed by atoms with Crippen molar-refractivity contribution < 1.29 is 0 Å². The van der Waals surface area contributed by atoms with Crippen LogP contribution in [0.3, 0.4) is 0 Å². The fourth-order valence-corrected chi connectivity index (χ4v) is 4.01. The zero-order valence-electron chi connectivity index (χ0n) is 6.48. The van der Waals surface area contributed by atoms with Crippen LogP contribution >= 0.6 is 61.5 Å². The molecule has 2 rings (SSSR count). The zero-order valence-corrected chi connectivity index (χ0v) is 11.8. The summed E-state index contributed by atoms with van der Waals surface area (Å²) in [6, 6.07) is 4.17. The van der Waals surface area contributed by atoms with E-state index in [0.717, 1.165) is 10.4 Å². The van der Waals surface area contributed by atoms with Crippen LogP contribution in [0.1, 0.15) is 5.56 Å². The summed E-state index contributed by atoms with van der Waals surface area (Å²) in [4.78, 5) is 0. The van der Waals surface area contributed by atoms with Crippen molar-refractivity contribution in [2.45, 2.75) is 5.33 Å². The minimum absolute atomic E-state index is 0.860. The first-order valence-corrected chi connectivity index (χ1v) is 7.09. The second-order valence-electron chi connectivity index (χ2n) is 2.66. The number of alkyl halides is 1. The second kappa shape index (κ2) is 4.04. The first-order chi connectivity index (χ1) is 6.22. The molecule has 0 aliphatic heterocycles. The Bertz CT molecular complexity index is 452. The largest absolute Gasteiger partial charge is 0.142 e. The summed E-state index contributed by atoms with van der Waals surface area (Å²) in [6.45, 7) is 0. The molecule has 0 fully saturated rings. The van der Waals surface area contributed by atoms with Crippen molar-refractivity contribution in [2.75, 3.05) is 0 Å². The smallest absolute Gasteiger partial charge is 0.0594 e. The molecular weight excluding hydrogens is 382 g/mol. The molecule has 0 spiro atoms. The summed E-state index contributed by atoms with van der Waals surface area (Å²) in [7, 11) is 0. The molecule has 0 bridgehead atoms. The van der Waals surface area contributed by atoms with Crippen molar-refractivity contribution >= 4 is 71.5 Å². The van der Waals surface area contributed by atoms with E-state index in [4.69, 9.17) is 11.6 Å². The van der Waals surface area contributed by atoms with E-state index in [1.807, 2.05) is 6.07 Å². The van der Waals surface area contributed by atoms with Crippen LogP contribution in [0.25, 0.3) is 10.1 Å². The van der Waals surface area contributed by atoms with Crippen LogP contribution in [0.2, 0.25) is 5.02 Å². The molecule has 1 heterocycles. The van der Waals surface area contributed by atoms with Gasteiger partial charge in [0.25, 0.3) is 0 Å². The normalized spacial score (nSPS) is 11.0. The van der Waals surface area contributed by atoms with E-state index < -0.39 is 0 Å². The molecule has 0 radical (unpaired) electrons. The first kappa shape index (κ1) is 10.2. The van der Waals surface area contributed by atoms with Gasteiger partial charge < -0.3 is 0 Å². The van der Waals surface area contributed by atoms with Gasteiger partial charge in [0, 0.05) is 8.90 Å². The molecule has 68 valence electrons. The predicted molar refractivity (Wildman–Crippen MR) is 72.2 cm³/mol. The van der Waals surface area contributed by atoms with Crippen LogP contribution in [0.15, 0.2) is 17.5 Å². The SMILES string of the molecule is Clc1cc(I)cc2c(CBr)csc12. The molecule has 0 N–H and O–H groups in total. The first-order valence-electron chi connectivity index (χ1n) is 3.63. The van der Waals surface area contributed by atoms with E-state index in [9.17, 15) is 0 Å². The average Bonchev–Trinajstić information content (AvgIpc) is 2.47. The molecule has 0 saturated carbocycles. The Hall–Kier alpha value is 0.680. The van der Waals surface area contributed by atoms with E-state index in [1.165, 1.54) is 19.2 Å². The van der Waals surface area contributed by atoms with Gasteiger partial charge in [-0.2, -0.15) is 0 Å². The third-order valence-corrected chi connectivity index (χ3v) is 4.53. The fraction of sp³-hybridized carbons (Fsp3) is 0.111. The Labute approximate surface area is 108 Å². The number of thiophene rings is 1. The highest BCUT2D eigenvalue weighted by Gasteiger charge is 2.07. The van der Waals surface area contributed by atoms with Crippen LogP contribution in [0.5, 0.6) is 0 Å². The molecule has 13 heavy (non-hydrogen) atoms. The van der Waals surface area contributed by atoms with Gasteiger partial charge in [-0.25, -0.2) is 0 Å². The van der Waals surface area contributed by atoms with E-state index in [-0.39, 0.29) is 0 Å². The summed E-state index contributed by atoms with van der Waals surface area (Å²) in [6.07, 6.45) is 0. The molecule has 1 aromatic heterocycles. The summed E-state index contributed by atoms with van der Waals surface area (Å²) >= 11 is 13.6. The molecule has 0 aliphatic rings. The van der Waals surface area contributed by atoms with Crippen LogP contribution in [-0.4, -0.2) is 0 Å². The van der Waals surface area contributed by atoms with E-state index in [2.05, 4.69) is 50.0 Å². The van der Waals surface area contributed by atoms with Gasteiger partial charge in [-0.05, 0) is 51.1 Å². The Kier molecular flexibility index (Phi) is 3.18.